The molecule has 86 valence electrons. The quantitative estimate of drug-likeness (QED) is 0.762. The minimum atomic E-state index is 0.0385. The highest BCUT2D eigenvalue weighted by Gasteiger charge is 2.06. The van der Waals surface area contributed by atoms with Crippen molar-refractivity contribution >= 4 is 5.69 Å². The van der Waals surface area contributed by atoms with Crippen molar-refractivity contribution < 1.29 is 4.74 Å². The molecule has 16 heavy (non-hydrogen) atoms. The lowest BCUT2D eigenvalue weighted by molar-refractivity contribution is 0.340. The fourth-order valence-corrected chi connectivity index (χ4v) is 1.52. The first-order valence-corrected chi connectivity index (χ1v) is 5.51. The van der Waals surface area contributed by atoms with Crippen LogP contribution in [0.2, 0.25) is 0 Å². The van der Waals surface area contributed by atoms with Gasteiger partial charge in [-0.2, -0.15) is 5.26 Å². The molecule has 1 aromatic carbocycles. The Balaban J connectivity index is 2.63. The number of nitrogens with zero attached hydrogens (tertiary/aromatic N) is 2. The van der Waals surface area contributed by atoms with Gasteiger partial charge in [-0.25, -0.2) is 0 Å². The van der Waals surface area contributed by atoms with Crippen LogP contribution in [0.25, 0.3) is 0 Å². The van der Waals surface area contributed by atoms with E-state index in [2.05, 4.69) is 11.0 Å². The summed E-state index contributed by atoms with van der Waals surface area (Å²) >= 11 is 0. The molecule has 1 aromatic rings. The molecule has 0 saturated heterocycles. The van der Waals surface area contributed by atoms with Crippen LogP contribution in [0.15, 0.2) is 24.3 Å². The van der Waals surface area contributed by atoms with Gasteiger partial charge in [0.15, 0.2) is 0 Å². The van der Waals surface area contributed by atoms with Gasteiger partial charge in [0.2, 0.25) is 0 Å². The minimum absolute atomic E-state index is 0.0385. The van der Waals surface area contributed by atoms with E-state index in [0.717, 1.165) is 18.0 Å². The molecule has 1 unspecified atom stereocenters. The van der Waals surface area contributed by atoms with E-state index in [-0.39, 0.29) is 5.92 Å². The van der Waals surface area contributed by atoms with Gasteiger partial charge in [0.1, 0.15) is 5.75 Å². The van der Waals surface area contributed by atoms with Gasteiger partial charge in [0.05, 0.1) is 18.6 Å². The van der Waals surface area contributed by atoms with E-state index >= 15 is 0 Å². The molecule has 0 radical (unpaired) electrons. The van der Waals surface area contributed by atoms with Crippen LogP contribution in [-0.2, 0) is 0 Å². The molecule has 3 heteroatoms. The van der Waals surface area contributed by atoms with E-state index in [1.807, 2.05) is 45.2 Å². The molecule has 1 atom stereocenters. The molecule has 0 aliphatic heterocycles. The van der Waals surface area contributed by atoms with E-state index < -0.39 is 0 Å². The SMILES string of the molecule is CCOc1ccc(N(C)CC(C)C#N)cc1. The van der Waals surface area contributed by atoms with Crippen LogP contribution in [-0.4, -0.2) is 20.2 Å². The average Bonchev–Trinajstić information content (AvgIpc) is 2.30. The second-order valence-electron chi connectivity index (χ2n) is 3.84. The van der Waals surface area contributed by atoms with Crippen molar-refractivity contribution in [1.82, 2.24) is 0 Å². The molecule has 0 heterocycles. The number of hydrogen-bond donors (Lipinski definition) is 0. The fraction of sp³-hybridized carbons (Fsp3) is 0.462. The summed E-state index contributed by atoms with van der Waals surface area (Å²) in [7, 11) is 1.99. The summed E-state index contributed by atoms with van der Waals surface area (Å²) in [5, 5.41) is 8.75. The standard InChI is InChI=1S/C13H18N2O/c1-4-16-13-7-5-12(6-8-13)15(3)10-11(2)9-14/h5-8,11H,4,10H2,1-3H3. The second kappa shape index (κ2) is 6.02. The number of nitriles is 1. The van der Waals surface area contributed by atoms with Gasteiger partial charge in [-0.05, 0) is 38.1 Å². The van der Waals surface area contributed by atoms with Crippen molar-refractivity contribution in [2.24, 2.45) is 5.92 Å². The van der Waals surface area contributed by atoms with Crippen molar-refractivity contribution in [2.75, 3.05) is 25.1 Å². The van der Waals surface area contributed by atoms with Crippen molar-refractivity contribution in [2.45, 2.75) is 13.8 Å². The van der Waals surface area contributed by atoms with Gasteiger partial charge in [-0.15, -0.1) is 0 Å². The van der Waals surface area contributed by atoms with Crippen LogP contribution < -0.4 is 9.64 Å². The Labute approximate surface area is 97.3 Å². The predicted octanol–water partition coefficient (Wildman–Crippen LogP) is 2.68. The van der Waals surface area contributed by atoms with Crippen LogP contribution in [0, 0.1) is 17.2 Å². The molecular formula is C13H18N2O. The predicted molar refractivity (Wildman–Crippen MR) is 65.7 cm³/mol. The van der Waals surface area contributed by atoms with Gasteiger partial charge >= 0.3 is 0 Å². The van der Waals surface area contributed by atoms with E-state index in [1.54, 1.807) is 0 Å². The first-order chi connectivity index (χ1) is 7.67. The molecule has 3 nitrogen and oxygen atoms in total. The van der Waals surface area contributed by atoms with Gasteiger partial charge in [0.25, 0.3) is 0 Å². The molecule has 0 aliphatic carbocycles. The fourth-order valence-electron chi connectivity index (χ4n) is 1.52. The van der Waals surface area contributed by atoms with E-state index in [9.17, 15) is 0 Å². The van der Waals surface area contributed by atoms with Crippen molar-refractivity contribution in [3.05, 3.63) is 24.3 Å². The maximum Gasteiger partial charge on any atom is 0.119 e. The minimum Gasteiger partial charge on any atom is -0.494 e. The Kier molecular flexibility index (Phi) is 4.65. The van der Waals surface area contributed by atoms with Crippen LogP contribution >= 0.6 is 0 Å². The van der Waals surface area contributed by atoms with Crippen LogP contribution in [0.1, 0.15) is 13.8 Å². The number of rotatable bonds is 5. The zero-order chi connectivity index (χ0) is 12.0. The third-order valence-corrected chi connectivity index (χ3v) is 2.36. The average molecular weight is 218 g/mol. The largest absolute Gasteiger partial charge is 0.494 e. The first-order valence-electron chi connectivity index (χ1n) is 5.51. The summed E-state index contributed by atoms with van der Waals surface area (Å²) < 4.78 is 5.37. The normalized spacial score (nSPS) is 11.6. The van der Waals surface area contributed by atoms with Gasteiger partial charge in [-0.1, -0.05) is 0 Å². The number of ether oxygens (including phenoxy) is 1. The lowest BCUT2D eigenvalue weighted by Gasteiger charge is -2.20. The lowest BCUT2D eigenvalue weighted by atomic mass is 10.2. The highest BCUT2D eigenvalue weighted by atomic mass is 16.5. The summed E-state index contributed by atoms with van der Waals surface area (Å²) in [4.78, 5) is 2.07. The highest BCUT2D eigenvalue weighted by Crippen LogP contribution is 2.19. The van der Waals surface area contributed by atoms with Crippen LogP contribution in [0.4, 0.5) is 5.69 Å². The molecule has 0 fully saturated rings. The van der Waals surface area contributed by atoms with Gasteiger partial charge in [0, 0.05) is 19.3 Å². The number of hydrogen-bond acceptors (Lipinski definition) is 3. The first kappa shape index (κ1) is 12.4. The summed E-state index contributed by atoms with van der Waals surface area (Å²) in [5.41, 5.74) is 1.10. The Morgan fingerprint density at radius 3 is 2.50 bits per heavy atom. The molecule has 0 amide bonds. The maximum absolute atomic E-state index is 8.75. The third kappa shape index (κ3) is 3.47. The third-order valence-electron chi connectivity index (χ3n) is 2.36. The van der Waals surface area contributed by atoms with Crippen molar-refractivity contribution in [1.29, 1.82) is 5.26 Å². The maximum atomic E-state index is 8.75. The van der Waals surface area contributed by atoms with E-state index in [1.165, 1.54) is 0 Å². The van der Waals surface area contributed by atoms with Gasteiger partial charge in [-0.3, -0.25) is 0 Å². The molecule has 0 aliphatic rings. The molecule has 0 N–H and O–H groups in total. The van der Waals surface area contributed by atoms with Crippen molar-refractivity contribution in [3.8, 4) is 11.8 Å². The lowest BCUT2D eigenvalue weighted by Crippen LogP contribution is -2.22. The zero-order valence-corrected chi connectivity index (χ0v) is 10.1. The molecule has 0 aromatic heterocycles. The second-order valence-corrected chi connectivity index (χ2v) is 3.84. The molecule has 0 saturated carbocycles. The van der Waals surface area contributed by atoms with E-state index in [4.69, 9.17) is 10.00 Å². The Hall–Kier alpha value is -1.69. The Morgan fingerprint density at radius 1 is 1.38 bits per heavy atom. The smallest absolute Gasteiger partial charge is 0.119 e. The summed E-state index contributed by atoms with van der Waals surface area (Å²) in [6.07, 6.45) is 0. The zero-order valence-electron chi connectivity index (χ0n) is 10.1. The topological polar surface area (TPSA) is 36.3 Å². The Morgan fingerprint density at radius 2 is 2.00 bits per heavy atom. The summed E-state index contributed by atoms with van der Waals surface area (Å²) in [5.74, 6) is 0.921. The van der Waals surface area contributed by atoms with Crippen molar-refractivity contribution in [3.63, 3.8) is 0 Å². The highest BCUT2D eigenvalue weighted by molar-refractivity contribution is 5.48. The summed E-state index contributed by atoms with van der Waals surface area (Å²) in [6.45, 7) is 5.31. The van der Waals surface area contributed by atoms with E-state index in [0.29, 0.717) is 6.61 Å². The van der Waals surface area contributed by atoms with Crippen LogP contribution in [0.3, 0.4) is 0 Å². The molecule has 0 bridgehead atoms. The molecule has 0 spiro atoms. The van der Waals surface area contributed by atoms with Gasteiger partial charge < -0.3 is 9.64 Å². The number of benzene rings is 1. The Bertz CT molecular complexity index is 353. The molecular weight excluding hydrogens is 200 g/mol. The monoisotopic (exact) mass is 218 g/mol. The number of anilines is 1. The molecule has 1 rings (SSSR count). The summed E-state index contributed by atoms with van der Waals surface area (Å²) in [6, 6.07) is 10.2. The van der Waals surface area contributed by atoms with Crippen LogP contribution in [0.5, 0.6) is 5.75 Å².